The molecule has 0 fully saturated rings. The van der Waals surface area contributed by atoms with Gasteiger partial charge >= 0.3 is 0 Å². The van der Waals surface area contributed by atoms with Crippen molar-refractivity contribution in [1.82, 2.24) is 15.0 Å². The fourth-order valence-electron chi connectivity index (χ4n) is 1.51. The minimum atomic E-state index is 0.00192. The number of aromatic nitrogens is 3. The molecule has 0 saturated carbocycles. The van der Waals surface area contributed by atoms with Gasteiger partial charge < -0.3 is 0 Å². The van der Waals surface area contributed by atoms with Crippen LogP contribution >= 0.6 is 0 Å². The van der Waals surface area contributed by atoms with E-state index in [1.54, 1.807) is 0 Å². The summed E-state index contributed by atoms with van der Waals surface area (Å²) in [6.07, 6.45) is 2.86. The Bertz CT molecular complexity index is 452. The summed E-state index contributed by atoms with van der Waals surface area (Å²) in [5.41, 5.74) is 2.28. The molecule has 0 N–H and O–H groups in total. The zero-order valence-electron chi connectivity index (χ0n) is 10.0. The Labute approximate surface area is 96.1 Å². The van der Waals surface area contributed by atoms with Gasteiger partial charge in [0, 0.05) is 12.6 Å². The lowest BCUT2D eigenvalue weighted by atomic mass is 10.1. The van der Waals surface area contributed by atoms with E-state index in [-0.39, 0.29) is 5.54 Å². The van der Waals surface area contributed by atoms with Crippen LogP contribution in [0.25, 0.3) is 0 Å². The van der Waals surface area contributed by atoms with Gasteiger partial charge in [0.05, 0.1) is 11.2 Å². The van der Waals surface area contributed by atoms with Gasteiger partial charge in [-0.25, -0.2) is 4.68 Å². The number of hydrogen-bond donors (Lipinski definition) is 0. The molecular formula is C13H17N3. The number of nitrogens with zero attached hydrogens (tertiary/aromatic N) is 3. The average molecular weight is 215 g/mol. The van der Waals surface area contributed by atoms with Crippen LogP contribution in [0.5, 0.6) is 0 Å². The minimum absolute atomic E-state index is 0.00192. The maximum Gasteiger partial charge on any atom is 0.0871 e. The first kappa shape index (κ1) is 10.9. The van der Waals surface area contributed by atoms with Crippen LogP contribution in [0.1, 0.15) is 32.0 Å². The third-order valence-electron chi connectivity index (χ3n) is 2.46. The van der Waals surface area contributed by atoms with Crippen LogP contribution < -0.4 is 0 Å². The van der Waals surface area contributed by atoms with E-state index in [1.807, 2.05) is 29.1 Å². The molecule has 1 aromatic carbocycles. The summed E-state index contributed by atoms with van der Waals surface area (Å²) in [6.45, 7) is 6.36. The third kappa shape index (κ3) is 2.48. The molecule has 3 heteroatoms. The molecule has 3 nitrogen and oxygen atoms in total. The van der Waals surface area contributed by atoms with E-state index < -0.39 is 0 Å². The highest BCUT2D eigenvalue weighted by Gasteiger charge is 2.14. The molecule has 84 valence electrons. The van der Waals surface area contributed by atoms with Crippen molar-refractivity contribution in [3.63, 3.8) is 0 Å². The standard InChI is InChI=1S/C13H17N3/c1-13(2,3)16-10-12(14-15-16)9-11-7-5-4-6-8-11/h4-8,10H,9H2,1-3H3. The summed E-state index contributed by atoms with van der Waals surface area (Å²) in [6, 6.07) is 10.3. The Balaban J connectivity index is 2.15. The van der Waals surface area contributed by atoms with Crippen molar-refractivity contribution in [2.75, 3.05) is 0 Å². The molecule has 2 rings (SSSR count). The van der Waals surface area contributed by atoms with Crippen LogP contribution in [-0.4, -0.2) is 15.0 Å². The molecule has 0 aliphatic carbocycles. The normalized spacial score (nSPS) is 11.7. The van der Waals surface area contributed by atoms with Gasteiger partial charge in [-0.15, -0.1) is 5.10 Å². The van der Waals surface area contributed by atoms with E-state index in [9.17, 15) is 0 Å². The summed E-state index contributed by atoms with van der Waals surface area (Å²) in [5.74, 6) is 0. The average Bonchev–Trinajstić information content (AvgIpc) is 2.67. The van der Waals surface area contributed by atoms with Crippen molar-refractivity contribution in [2.45, 2.75) is 32.7 Å². The fourth-order valence-corrected chi connectivity index (χ4v) is 1.51. The van der Waals surface area contributed by atoms with Gasteiger partial charge in [0.1, 0.15) is 0 Å². The molecule has 0 aliphatic heterocycles. The second-order valence-electron chi connectivity index (χ2n) is 4.99. The molecule has 1 heterocycles. The maximum atomic E-state index is 4.19. The smallest absolute Gasteiger partial charge is 0.0871 e. The van der Waals surface area contributed by atoms with E-state index >= 15 is 0 Å². The Morgan fingerprint density at radius 1 is 1.12 bits per heavy atom. The quantitative estimate of drug-likeness (QED) is 0.771. The Morgan fingerprint density at radius 3 is 2.38 bits per heavy atom. The molecular weight excluding hydrogens is 198 g/mol. The maximum absolute atomic E-state index is 4.19. The number of rotatable bonds is 2. The molecule has 0 spiro atoms. The first-order valence-electron chi connectivity index (χ1n) is 5.51. The lowest BCUT2D eigenvalue weighted by Gasteiger charge is -2.17. The monoisotopic (exact) mass is 215 g/mol. The van der Waals surface area contributed by atoms with Crippen molar-refractivity contribution in [1.29, 1.82) is 0 Å². The summed E-state index contributed by atoms with van der Waals surface area (Å²) in [7, 11) is 0. The lowest BCUT2D eigenvalue weighted by Crippen LogP contribution is -2.22. The highest BCUT2D eigenvalue weighted by Crippen LogP contribution is 2.13. The van der Waals surface area contributed by atoms with Gasteiger partial charge in [0.25, 0.3) is 0 Å². The Hall–Kier alpha value is -1.64. The molecule has 0 atom stereocenters. The molecule has 0 saturated heterocycles. The predicted octanol–water partition coefficient (Wildman–Crippen LogP) is 2.62. The second kappa shape index (κ2) is 4.08. The first-order valence-corrected chi connectivity index (χ1v) is 5.51. The molecule has 0 bridgehead atoms. The summed E-state index contributed by atoms with van der Waals surface area (Å²) in [4.78, 5) is 0. The SMILES string of the molecule is CC(C)(C)n1cc(Cc2ccccc2)nn1. The number of benzene rings is 1. The van der Waals surface area contributed by atoms with Crippen molar-refractivity contribution < 1.29 is 0 Å². The van der Waals surface area contributed by atoms with Gasteiger partial charge in [-0.1, -0.05) is 35.5 Å². The van der Waals surface area contributed by atoms with E-state index in [2.05, 4.69) is 43.2 Å². The molecule has 0 radical (unpaired) electrons. The van der Waals surface area contributed by atoms with Crippen LogP contribution in [0.15, 0.2) is 36.5 Å². The molecule has 1 aromatic heterocycles. The van der Waals surface area contributed by atoms with Gasteiger partial charge in [-0.2, -0.15) is 0 Å². The predicted molar refractivity (Wildman–Crippen MR) is 64.3 cm³/mol. The fraction of sp³-hybridized carbons (Fsp3) is 0.385. The lowest BCUT2D eigenvalue weighted by molar-refractivity contribution is 0.347. The molecule has 0 unspecified atom stereocenters. The van der Waals surface area contributed by atoms with Crippen molar-refractivity contribution in [2.24, 2.45) is 0 Å². The van der Waals surface area contributed by atoms with Crippen molar-refractivity contribution in [3.8, 4) is 0 Å². The molecule has 2 aromatic rings. The first-order chi connectivity index (χ1) is 7.55. The largest absolute Gasteiger partial charge is 0.247 e. The summed E-state index contributed by atoms with van der Waals surface area (Å²) < 4.78 is 1.91. The van der Waals surface area contributed by atoms with E-state index in [0.717, 1.165) is 12.1 Å². The van der Waals surface area contributed by atoms with Crippen LogP contribution in [-0.2, 0) is 12.0 Å². The Morgan fingerprint density at radius 2 is 1.81 bits per heavy atom. The van der Waals surface area contributed by atoms with Gasteiger partial charge in [0.2, 0.25) is 0 Å². The summed E-state index contributed by atoms with van der Waals surface area (Å²) >= 11 is 0. The van der Waals surface area contributed by atoms with Gasteiger partial charge in [-0.05, 0) is 26.3 Å². The number of hydrogen-bond acceptors (Lipinski definition) is 2. The minimum Gasteiger partial charge on any atom is -0.247 e. The molecule has 0 aliphatic rings. The zero-order valence-corrected chi connectivity index (χ0v) is 10.0. The highest BCUT2D eigenvalue weighted by molar-refractivity contribution is 5.19. The van der Waals surface area contributed by atoms with Crippen molar-refractivity contribution in [3.05, 3.63) is 47.8 Å². The summed E-state index contributed by atoms with van der Waals surface area (Å²) in [5, 5.41) is 8.34. The van der Waals surface area contributed by atoms with Crippen LogP contribution in [0.2, 0.25) is 0 Å². The second-order valence-corrected chi connectivity index (χ2v) is 4.99. The van der Waals surface area contributed by atoms with Gasteiger partial charge in [0.15, 0.2) is 0 Å². The van der Waals surface area contributed by atoms with Gasteiger partial charge in [-0.3, -0.25) is 0 Å². The molecule has 0 amide bonds. The van der Waals surface area contributed by atoms with Crippen molar-refractivity contribution >= 4 is 0 Å². The topological polar surface area (TPSA) is 30.7 Å². The van der Waals surface area contributed by atoms with Crippen LogP contribution in [0, 0.1) is 0 Å². The van der Waals surface area contributed by atoms with E-state index in [4.69, 9.17) is 0 Å². The zero-order chi connectivity index (χ0) is 11.6. The highest BCUT2D eigenvalue weighted by atomic mass is 15.4. The van der Waals surface area contributed by atoms with E-state index in [1.165, 1.54) is 5.56 Å². The molecule has 16 heavy (non-hydrogen) atoms. The Kier molecular flexibility index (Phi) is 2.77. The van der Waals surface area contributed by atoms with Crippen LogP contribution in [0.4, 0.5) is 0 Å². The third-order valence-corrected chi connectivity index (χ3v) is 2.46. The van der Waals surface area contributed by atoms with E-state index in [0.29, 0.717) is 0 Å². The van der Waals surface area contributed by atoms with Crippen LogP contribution in [0.3, 0.4) is 0 Å².